The maximum atomic E-state index is 13.6. The lowest BCUT2D eigenvalue weighted by atomic mass is 10.0. The van der Waals surface area contributed by atoms with Gasteiger partial charge in [-0.25, -0.2) is 4.68 Å². The summed E-state index contributed by atoms with van der Waals surface area (Å²) in [5.41, 5.74) is 3.60. The van der Waals surface area contributed by atoms with Gasteiger partial charge in [-0.15, -0.1) is 11.8 Å². The molecule has 1 saturated heterocycles. The second-order valence-electron chi connectivity index (χ2n) is 7.58. The number of nitrogens with one attached hydrogen (secondary N) is 1. The normalized spacial score (nSPS) is 20.2. The Morgan fingerprint density at radius 2 is 1.77 bits per heavy atom. The average Bonchev–Trinajstić information content (AvgIpc) is 3.29. The van der Waals surface area contributed by atoms with E-state index in [2.05, 4.69) is 5.32 Å². The zero-order valence-electron chi connectivity index (χ0n) is 16.8. The zero-order valence-corrected chi connectivity index (χ0v) is 17.6. The van der Waals surface area contributed by atoms with Crippen molar-refractivity contribution >= 4 is 35.0 Å². The quantitative estimate of drug-likeness (QED) is 0.692. The Morgan fingerprint density at radius 3 is 2.50 bits per heavy atom. The summed E-state index contributed by atoms with van der Waals surface area (Å²) in [7, 11) is 1.78. The van der Waals surface area contributed by atoms with Gasteiger partial charge < -0.3 is 5.32 Å². The minimum absolute atomic E-state index is 0.125. The maximum Gasteiger partial charge on any atom is 0.295 e. The molecule has 3 aromatic rings. The summed E-state index contributed by atoms with van der Waals surface area (Å²) in [6, 6.07) is 14.9. The van der Waals surface area contributed by atoms with E-state index in [1.165, 1.54) is 21.3 Å². The molecule has 30 heavy (non-hydrogen) atoms. The predicted molar refractivity (Wildman–Crippen MR) is 117 cm³/mol. The molecule has 8 heteroatoms. The molecule has 1 aromatic heterocycles. The van der Waals surface area contributed by atoms with Crippen LogP contribution in [0.5, 0.6) is 0 Å². The highest BCUT2D eigenvalue weighted by Crippen LogP contribution is 2.53. The molecule has 1 atom stereocenters. The van der Waals surface area contributed by atoms with Crippen LogP contribution < -0.4 is 15.8 Å². The highest BCUT2D eigenvalue weighted by molar-refractivity contribution is 8.02. The molecule has 7 nitrogen and oxygen atoms in total. The van der Waals surface area contributed by atoms with Gasteiger partial charge in [0.1, 0.15) is 5.69 Å². The van der Waals surface area contributed by atoms with E-state index >= 15 is 0 Å². The Bertz CT molecular complexity index is 1280. The van der Waals surface area contributed by atoms with Crippen molar-refractivity contribution in [1.82, 2.24) is 9.36 Å². The smallest absolute Gasteiger partial charge is 0.295 e. The van der Waals surface area contributed by atoms with E-state index in [4.69, 9.17) is 0 Å². The topological polar surface area (TPSA) is 76.3 Å². The highest BCUT2D eigenvalue weighted by Gasteiger charge is 2.59. The number of anilines is 2. The minimum Gasteiger partial charge on any atom is -0.323 e. The third-order valence-corrected chi connectivity index (χ3v) is 7.21. The largest absolute Gasteiger partial charge is 0.323 e. The molecule has 0 saturated carbocycles. The van der Waals surface area contributed by atoms with Gasteiger partial charge >= 0.3 is 0 Å². The van der Waals surface area contributed by atoms with E-state index in [-0.39, 0.29) is 28.8 Å². The SMILES string of the molecule is Cc1ccc2c(c1)[C@@]1(SCC(=O)N1c1c(C)n(C)n(-c3ccccc3)c1=O)C(=O)N2. The molecule has 2 aliphatic heterocycles. The molecule has 1 N–H and O–H groups in total. The molecule has 152 valence electrons. The van der Waals surface area contributed by atoms with Gasteiger partial charge in [-0.1, -0.05) is 35.9 Å². The molecule has 3 heterocycles. The van der Waals surface area contributed by atoms with Crippen LogP contribution in [0.15, 0.2) is 53.3 Å². The lowest BCUT2D eigenvalue weighted by molar-refractivity contribution is -0.122. The summed E-state index contributed by atoms with van der Waals surface area (Å²) in [5, 5.41) is 2.90. The van der Waals surface area contributed by atoms with Gasteiger partial charge in [-0.2, -0.15) is 0 Å². The van der Waals surface area contributed by atoms with E-state index in [0.29, 0.717) is 17.1 Å². The number of amides is 2. The molecule has 0 radical (unpaired) electrons. The molecular weight excluding hydrogens is 400 g/mol. The second kappa shape index (κ2) is 6.37. The van der Waals surface area contributed by atoms with Crippen LogP contribution in [-0.4, -0.2) is 26.9 Å². The van der Waals surface area contributed by atoms with Gasteiger partial charge in [0.25, 0.3) is 11.5 Å². The first-order chi connectivity index (χ1) is 14.4. The number of nitrogens with zero attached hydrogens (tertiary/aromatic N) is 3. The van der Waals surface area contributed by atoms with Gasteiger partial charge in [0.15, 0.2) is 0 Å². The van der Waals surface area contributed by atoms with Gasteiger partial charge in [-0.05, 0) is 32.0 Å². The lowest BCUT2D eigenvalue weighted by Crippen LogP contribution is -2.49. The molecule has 5 rings (SSSR count). The first-order valence-corrected chi connectivity index (χ1v) is 10.6. The van der Waals surface area contributed by atoms with Crippen LogP contribution in [0.1, 0.15) is 16.8 Å². The van der Waals surface area contributed by atoms with Crippen LogP contribution in [-0.2, 0) is 21.5 Å². The number of benzene rings is 2. The Kier molecular flexibility index (Phi) is 3.98. The van der Waals surface area contributed by atoms with Crippen LogP contribution >= 0.6 is 11.8 Å². The van der Waals surface area contributed by atoms with Crippen molar-refractivity contribution in [2.45, 2.75) is 18.7 Å². The molecule has 2 aromatic carbocycles. The minimum atomic E-state index is -1.28. The third-order valence-electron chi connectivity index (χ3n) is 5.81. The molecule has 0 unspecified atom stereocenters. The van der Waals surface area contributed by atoms with Crippen LogP contribution in [0.4, 0.5) is 11.4 Å². The van der Waals surface area contributed by atoms with Crippen molar-refractivity contribution in [2.24, 2.45) is 7.05 Å². The number of aryl methyl sites for hydroxylation is 1. The Morgan fingerprint density at radius 1 is 1.03 bits per heavy atom. The fraction of sp³-hybridized carbons (Fsp3) is 0.227. The number of thioether (sulfide) groups is 1. The average molecular weight is 420 g/mol. The number of hydrogen-bond acceptors (Lipinski definition) is 4. The molecule has 0 bridgehead atoms. The van der Waals surface area contributed by atoms with Crippen molar-refractivity contribution in [3.63, 3.8) is 0 Å². The number of carbonyl (C=O) groups excluding carboxylic acids is 2. The van der Waals surface area contributed by atoms with Crippen molar-refractivity contribution in [1.29, 1.82) is 0 Å². The molecule has 1 spiro atoms. The lowest BCUT2D eigenvalue weighted by Gasteiger charge is -2.31. The number of carbonyl (C=O) groups is 2. The number of aromatic nitrogens is 2. The van der Waals surface area contributed by atoms with E-state index in [9.17, 15) is 14.4 Å². The van der Waals surface area contributed by atoms with E-state index < -0.39 is 4.87 Å². The van der Waals surface area contributed by atoms with Crippen molar-refractivity contribution in [2.75, 3.05) is 16.0 Å². The van der Waals surface area contributed by atoms with E-state index in [1.807, 2.05) is 55.5 Å². The monoisotopic (exact) mass is 420 g/mol. The highest BCUT2D eigenvalue weighted by atomic mass is 32.2. The predicted octanol–water partition coefficient (Wildman–Crippen LogP) is 2.68. The molecule has 2 amide bonds. The molecular formula is C22H20N4O3S. The van der Waals surface area contributed by atoms with Gasteiger partial charge in [0.2, 0.25) is 10.8 Å². The van der Waals surface area contributed by atoms with Gasteiger partial charge in [-0.3, -0.25) is 24.0 Å². The van der Waals surface area contributed by atoms with Crippen molar-refractivity contribution < 1.29 is 9.59 Å². The fourth-order valence-electron chi connectivity index (χ4n) is 4.31. The summed E-state index contributed by atoms with van der Waals surface area (Å²) in [5.74, 6) is -0.428. The van der Waals surface area contributed by atoms with E-state index in [1.54, 1.807) is 18.7 Å². The van der Waals surface area contributed by atoms with Gasteiger partial charge in [0, 0.05) is 18.3 Å². The Balaban J connectivity index is 1.78. The number of fused-ring (bicyclic) bond motifs is 2. The summed E-state index contributed by atoms with van der Waals surface area (Å²) in [6.45, 7) is 3.74. The van der Waals surface area contributed by atoms with E-state index in [0.717, 1.165) is 11.1 Å². The Hall–Kier alpha value is -3.26. The standard InChI is InChI=1S/C22H20N4O3S/c1-13-9-10-17-16(11-13)22(21(29)23-17)25(18(27)12-30-22)19-14(2)24(3)26(20(19)28)15-7-5-4-6-8-15/h4-11H,12H2,1-3H3,(H,23,29)/t22-/m1/s1. The number of rotatable bonds is 2. The van der Waals surface area contributed by atoms with Gasteiger partial charge in [0.05, 0.1) is 17.1 Å². The second-order valence-corrected chi connectivity index (χ2v) is 8.74. The number of hydrogen-bond donors (Lipinski definition) is 1. The Labute approximate surface area is 177 Å². The first kappa shape index (κ1) is 18.7. The van der Waals surface area contributed by atoms with Crippen LogP contribution in [0.3, 0.4) is 0 Å². The summed E-state index contributed by atoms with van der Waals surface area (Å²) in [4.78, 5) is 40.1. The molecule has 2 aliphatic rings. The molecule has 0 aliphatic carbocycles. The summed E-state index contributed by atoms with van der Waals surface area (Å²) < 4.78 is 3.25. The summed E-state index contributed by atoms with van der Waals surface area (Å²) in [6.07, 6.45) is 0. The zero-order chi connectivity index (χ0) is 21.2. The van der Waals surface area contributed by atoms with Crippen molar-refractivity contribution in [3.05, 3.63) is 75.7 Å². The number of para-hydroxylation sites is 1. The maximum absolute atomic E-state index is 13.6. The first-order valence-electron chi connectivity index (χ1n) is 9.60. The fourth-order valence-corrected chi connectivity index (χ4v) is 5.60. The molecule has 1 fully saturated rings. The van der Waals surface area contributed by atoms with Crippen LogP contribution in [0.25, 0.3) is 5.69 Å². The summed E-state index contributed by atoms with van der Waals surface area (Å²) >= 11 is 1.26. The van der Waals surface area contributed by atoms with Crippen LogP contribution in [0, 0.1) is 13.8 Å². The van der Waals surface area contributed by atoms with Crippen LogP contribution in [0.2, 0.25) is 0 Å². The third kappa shape index (κ3) is 2.31. The van der Waals surface area contributed by atoms with Crippen molar-refractivity contribution in [3.8, 4) is 5.69 Å².